The van der Waals surface area contributed by atoms with Crippen LogP contribution < -0.4 is 4.90 Å². The van der Waals surface area contributed by atoms with Crippen LogP contribution in [0.1, 0.15) is 47.2 Å². The van der Waals surface area contributed by atoms with Gasteiger partial charge in [-0.15, -0.1) is 0 Å². The summed E-state index contributed by atoms with van der Waals surface area (Å²) in [6, 6.07) is 67.9. The van der Waals surface area contributed by atoms with Gasteiger partial charge in [-0.2, -0.15) is 0 Å². The van der Waals surface area contributed by atoms with Crippen molar-refractivity contribution in [2.45, 2.75) is 19.3 Å². The fourth-order valence-electron chi connectivity index (χ4n) is 7.54. The molecule has 1 aliphatic rings. The molecule has 0 radical (unpaired) electrons. The van der Waals surface area contributed by atoms with E-state index in [0.717, 1.165) is 16.9 Å². The van der Waals surface area contributed by atoms with Crippen LogP contribution in [0.25, 0.3) is 22.3 Å². The third-order valence-electron chi connectivity index (χ3n) is 9.64. The van der Waals surface area contributed by atoms with Crippen molar-refractivity contribution in [3.05, 3.63) is 221 Å². The third-order valence-corrected chi connectivity index (χ3v) is 9.64. The van der Waals surface area contributed by atoms with Crippen LogP contribution in [0.4, 0.5) is 17.1 Å². The van der Waals surface area contributed by atoms with Crippen molar-refractivity contribution in [1.82, 2.24) is 0 Å². The van der Waals surface area contributed by atoms with Gasteiger partial charge in [0.2, 0.25) is 0 Å². The van der Waals surface area contributed by atoms with Crippen LogP contribution in [0.5, 0.6) is 0 Å². The fourth-order valence-corrected chi connectivity index (χ4v) is 7.54. The zero-order valence-corrected chi connectivity index (χ0v) is 27.3. The van der Waals surface area contributed by atoms with Crippen LogP contribution in [0, 0.1) is 0 Å². The molecule has 0 spiro atoms. The van der Waals surface area contributed by atoms with E-state index < -0.39 is 0 Å². The van der Waals surface area contributed by atoms with Gasteiger partial charge in [0.05, 0.1) is 5.69 Å². The summed E-state index contributed by atoms with van der Waals surface area (Å²) in [6.45, 7) is 4.73. The number of benzene rings is 7. The summed E-state index contributed by atoms with van der Waals surface area (Å²) in [5, 5.41) is 0. The van der Waals surface area contributed by atoms with Gasteiger partial charge in [-0.1, -0.05) is 172 Å². The topological polar surface area (TPSA) is 3.24 Å². The summed E-state index contributed by atoms with van der Waals surface area (Å²) in [6.07, 6.45) is 0. The van der Waals surface area contributed by atoms with E-state index in [2.05, 4.69) is 207 Å². The average molecular weight is 616 g/mol. The molecule has 0 saturated carbocycles. The third kappa shape index (κ3) is 5.14. The van der Waals surface area contributed by atoms with Gasteiger partial charge < -0.3 is 4.90 Å². The second kappa shape index (κ2) is 12.4. The van der Waals surface area contributed by atoms with Crippen molar-refractivity contribution in [1.29, 1.82) is 0 Å². The van der Waals surface area contributed by atoms with Crippen LogP contribution in [-0.2, 0) is 5.41 Å². The first-order valence-corrected chi connectivity index (χ1v) is 16.7. The van der Waals surface area contributed by atoms with Gasteiger partial charge in [0, 0.05) is 16.8 Å². The maximum atomic E-state index is 2.45. The molecule has 0 N–H and O–H groups in total. The molecule has 8 rings (SSSR count). The molecular weight excluding hydrogens is 579 g/mol. The van der Waals surface area contributed by atoms with Crippen molar-refractivity contribution in [2.24, 2.45) is 0 Å². The highest BCUT2D eigenvalue weighted by Gasteiger charge is 2.38. The SMILES string of the molecule is CC1(C)c2ccccc2-c2cccc(N(c3ccccc3)c3cccc(C(=C(c4ccccc4)c4ccccc4)c4ccccc4)c3)c21. The highest BCUT2D eigenvalue weighted by molar-refractivity contribution is 6.05. The number of para-hydroxylation sites is 1. The molecular formula is C47H37N. The smallest absolute Gasteiger partial charge is 0.0508 e. The number of hydrogen-bond acceptors (Lipinski definition) is 1. The fraction of sp³-hybridized carbons (Fsp3) is 0.0638. The van der Waals surface area contributed by atoms with E-state index in [1.54, 1.807) is 0 Å². The summed E-state index contributed by atoms with van der Waals surface area (Å²) in [7, 11) is 0. The predicted octanol–water partition coefficient (Wildman–Crippen LogP) is 12.5. The van der Waals surface area contributed by atoms with E-state index in [9.17, 15) is 0 Å². The first-order valence-electron chi connectivity index (χ1n) is 16.7. The number of fused-ring (bicyclic) bond motifs is 3. The van der Waals surface area contributed by atoms with E-state index in [-0.39, 0.29) is 5.41 Å². The lowest BCUT2D eigenvalue weighted by atomic mass is 9.81. The second-order valence-electron chi connectivity index (χ2n) is 12.9. The van der Waals surface area contributed by atoms with Gasteiger partial charge in [-0.05, 0) is 86.0 Å². The Kier molecular flexibility index (Phi) is 7.59. The van der Waals surface area contributed by atoms with Crippen LogP contribution in [0.2, 0.25) is 0 Å². The summed E-state index contributed by atoms with van der Waals surface area (Å²) in [5.41, 5.74) is 15.8. The van der Waals surface area contributed by atoms with E-state index in [4.69, 9.17) is 0 Å². The molecule has 1 aliphatic carbocycles. The molecule has 0 atom stereocenters. The number of nitrogens with zero attached hydrogens (tertiary/aromatic N) is 1. The molecule has 0 unspecified atom stereocenters. The molecule has 7 aromatic carbocycles. The number of rotatable bonds is 7. The van der Waals surface area contributed by atoms with Crippen molar-refractivity contribution in [2.75, 3.05) is 4.90 Å². The zero-order chi connectivity index (χ0) is 32.5. The molecule has 0 heterocycles. The van der Waals surface area contributed by atoms with Crippen LogP contribution in [0.15, 0.2) is 188 Å². The Balaban J connectivity index is 1.39. The quantitative estimate of drug-likeness (QED) is 0.161. The summed E-state index contributed by atoms with van der Waals surface area (Å²) in [5.74, 6) is 0. The molecule has 0 amide bonds. The van der Waals surface area contributed by atoms with Crippen LogP contribution >= 0.6 is 0 Å². The average Bonchev–Trinajstić information content (AvgIpc) is 3.39. The van der Waals surface area contributed by atoms with Gasteiger partial charge in [-0.3, -0.25) is 0 Å². The first kappa shape index (κ1) is 29.5. The van der Waals surface area contributed by atoms with E-state index in [1.807, 2.05) is 0 Å². The first-order chi connectivity index (χ1) is 23.6. The van der Waals surface area contributed by atoms with Crippen LogP contribution in [-0.4, -0.2) is 0 Å². The maximum Gasteiger partial charge on any atom is 0.0508 e. The van der Waals surface area contributed by atoms with E-state index in [1.165, 1.54) is 55.8 Å². The standard InChI is InChI=1S/C47H37N/c1-47(2)42-31-16-15-29-40(42)41-30-18-32-43(46(41)47)48(38-26-13-6-14-27-38)39-28-17-25-37(33-39)45(36-23-11-5-12-24-36)44(34-19-7-3-8-20-34)35-21-9-4-10-22-35/h3-33H,1-2H3. The highest BCUT2D eigenvalue weighted by atomic mass is 15.1. The maximum absolute atomic E-state index is 2.45. The molecule has 7 aromatic rings. The summed E-state index contributed by atoms with van der Waals surface area (Å²) >= 11 is 0. The molecule has 0 saturated heterocycles. The largest absolute Gasteiger partial charge is 0.310 e. The molecule has 0 aromatic heterocycles. The van der Waals surface area contributed by atoms with Crippen molar-refractivity contribution >= 4 is 28.2 Å². The Morgan fingerprint density at radius 1 is 0.396 bits per heavy atom. The normalized spacial score (nSPS) is 12.5. The lowest BCUT2D eigenvalue weighted by Gasteiger charge is -2.32. The lowest BCUT2D eigenvalue weighted by molar-refractivity contribution is 0.661. The monoisotopic (exact) mass is 615 g/mol. The molecule has 0 fully saturated rings. The summed E-state index contributed by atoms with van der Waals surface area (Å²) in [4.78, 5) is 2.45. The molecule has 1 heteroatoms. The highest BCUT2D eigenvalue weighted by Crippen LogP contribution is 2.54. The zero-order valence-electron chi connectivity index (χ0n) is 27.3. The summed E-state index contributed by atoms with van der Waals surface area (Å²) < 4.78 is 0. The van der Waals surface area contributed by atoms with Gasteiger partial charge in [0.1, 0.15) is 0 Å². The minimum atomic E-state index is -0.157. The Labute approximate surface area is 284 Å². The van der Waals surface area contributed by atoms with E-state index in [0.29, 0.717) is 0 Å². The minimum Gasteiger partial charge on any atom is -0.310 e. The number of anilines is 3. The van der Waals surface area contributed by atoms with Crippen molar-refractivity contribution in [3.8, 4) is 11.1 Å². The molecule has 48 heavy (non-hydrogen) atoms. The van der Waals surface area contributed by atoms with E-state index >= 15 is 0 Å². The van der Waals surface area contributed by atoms with Crippen LogP contribution in [0.3, 0.4) is 0 Å². The Bertz CT molecular complexity index is 2190. The van der Waals surface area contributed by atoms with Gasteiger partial charge >= 0.3 is 0 Å². The molecule has 230 valence electrons. The predicted molar refractivity (Wildman–Crippen MR) is 203 cm³/mol. The van der Waals surface area contributed by atoms with Gasteiger partial charge in [0.25, 0.3) is 0 Å². The van der Waals surface area contributed by atoms with Crippen molar-refractivity contribution < 1.29 is 0 Å². The molecule has 1 nitrogen and oxygen atoms in total. The second-order valence-corrected chi connectivity index (χ2v) is 12.9. The minimum absolute atomic E-state index is 0.157. The molecule has 0 bridgehead atoms. The Morgan fingerprint density at radius 3 is 1.44 bits per heavy atom. The number of hydrogen-bond donors (Lipinski definition) is 0. The van der Waals surface area contributed by atoms with Gasteiger partial charge in [-0.25, -0.2) is 0 Å². The Hall–Kier alpha value is -5.92. The Morgan fingerprint density at radius 2 is 0.833 bits per heavy atom. The van der Waals surface area contributed by atoms with Gasteiger partial charge in [0.15, 0.2) is 0 Å². The van der Waals surface area contributed by atoms with Crippen molar-refractivity contribution in [3.63, 3.8) is 0 Å². The molecule has 0 aliphatic heterocycles. The lowest BCUT2D eigenvalue weighted by Crippen LogP contribution is -2.20.